The van der Waals surface area contributed by atoms with Crippen molar-refractivity contribution in [1.29, 1.82) is 5.26 Å². The van der Waals surface area contributed by atoms with E-state index < -0.39 is 0 Å². The molecule has 5 nitrogen and oxygen atoms in total. The summed E-state index contributed by atoms with van der Waals surface area (Å²) in [6, 6.07) is 14.9. The second-order valence-electron chi connectivity index (χ2n) is 4.42. The maximum atomic E-state index is 8.81. The van der Waals surface area contributed by atoms with Crippen LogP contribution in [0.2, 0.25) is 0 Å². The Balaban J connectivity index is 1.98. The molecule has 1 N–H and O–H groups in total. The van der Waals surface area contributed by atoms with Crippen LogP contribution < -0.4 is 10.1 Å². The first-order valence-electron chi connectivity index (χ1n) is 6.36. The van der Waals surface area contributed by atoms with Gasteiger partial charge in [0.25, 0.3) is 0 Å². The molecule has 2 aromatic carbocycles. The summed E-state index contributed by atoms with van der Waals surface area (Å²) in [4.78, 5) is 8.52. The molecule has 21 heavy (non-hydrogen) atoms. The van der Waals surface area contributed by atoms with Crippen LogP contribution in [0.1, 0.15) is 5.56 Å². The first kappa shape index (κ1) is 12.9. The lowest BCUT2D eigenvalue weighted by molar-refractivity contribution is 0.415. The van der Waals surface area contributed by atoms with E-state index in [9.17, 15) is 0 Å². The third kappa shape index (κ3) is 2.60. The van der Waals surface area contributed by atoms with Crippen molar-refractivity contribution in [3.63, 3.8) is 0 Å². The fraction of sp³-hybridized carbons (Fsp3) is 0.0625. The predicted octanol–water partition coefficient (Wildman–Crippen LogP) is 3.25. The van der Waals surface area contributed by atoms with Gasteiger partial charge in [0.05, 0.1) is 24.3 Å². The van der Waals surface area contributed by atoms with Crippen LogP contribution in [0.4, 0.5) is 11.5 Å². The summed E-state index contributed by atoms with van der Waals surface area (Å²) in [7, 11) is 1.62. The van der Waals surface area contributed by atoms with E-state index in [1.54, 1.807) is 19.2 Å². The molecule has 0 radical (unpaired) electrons. The van der Waals surface area contributed by atoms with E-state index in [0.717, 1.165) is 22.3 Å². The van der Waals surface area contributed by atoms with Crippen LogP contribution in [-0.2, 0) is 0 Å². The fourth-order valence-corrected chi connectivity index (χ4v) is 2.03. The Labute approximate surface area is 121 Å². The molecule has 102 valence electrons. The van der Waals surface area contributed by atoms with Gasteiger partial charge in [0.1, 0.15) is 17.9 Å². The van der Waals surface area contributed by atoms with Crippen molar-refractivity contribution in [3.8, 4) is 11.8 Å². The fourth-order valence-electron chi connectivity index (χ4n) is 2.03. The molecule has 3 aromatic rings. The molecule has 0 saturated heterocycles. The van der Waals surface area contributed by atoms with Crippen molar-refractivity contribution in [1.82, 2.24) is 9.97 Å². The lowest BCUT2D eigenvalue weighted by Crippen LogP contribution is -1.96. The second kappa shape index (κ2) is 5.47. The minimum atomic E-state index is 0.623. The summed E-state index contributed by atoms with van der Waals surface area (Å²) in [5.74, 6) is 1.47. The number of hydrogen-bond acceptors (Lipinski definition) is 5. The molecule has 0 atom stereocenters. The van der Waals surface area contributed by atoms with Crippen molar-refractivity contribution in [2.24, 2.45) is 0 Å². The topological polar surface area (TPSA) is 70.8 Å². The second-order valence-corrected chi connectivity index (χ2v) is 4.42. The Morgan fingerprint density at radius 2 is 1.90 bits per heavy atom. The number of anilines is 2. The van der Waals surface area contributed by atoms with Crippen LogP contribution in [0.3, 0.4) is 0 Å². The van der Waals surface area contributed by atoms with Crippen LogP contribution in [0.15, 0.2) is 48.8 Å². The highest BCUT2D eigenvalue weighted by molar-refractivity contribution is 5.91. The van der Waals surface area contributed by atoms with Gasteiger partial charge in [-0.1, -0.05) is 0 Å². The lowest BCUT2D eigenvalue weighted by Gasteiger charge is -2.09. The Morgan fingerprint density at radius 3 is 2.62 bits per heavy atom. The minimum absolute atomic E-state index is 0.623. The van der Waals surface area contributed by atoms with E-state index >= 15 is 0 Å². The first-order chi connectivity index (χ1) is 10.3. The van der Waals surface area contributed by atoms with Crippen LogP contribution in [0, 0.1) is 11.3 Å². The quantitative estimate of drug-likeness (QED) is 0.795. The van der Waals surface area contributed by atoms with E-state index in [1.807, 2.05) is 30.3 Å². The van der Waals surface area contributed by atoms with Gasteiger partial charge in [-0.05, 0) is 36.4 Å². The zero-order valence-electron chi connectivity index (χ0n) is 11.4. The zero-order chi connectivity index (χ0) is 14.7. The molecular formula is C16H12N4O. The van der Waals surface area contributed by atoms with Gasteiger partial charge in [0, 0.05) is 17.1 Å². The molecule has 0 bridgehead atoms. The molecule has 0 saturated carbocycles. The summed E-state index contributed by atoms with van der Waals surface area (Å²) in [5.41, 5.74) is 2.29. The van der Waals surface area contributed by atoms with Crippen LogP contribution in [-0.4, -0.2) is 17.1 Å². The molecule has 0 spiro atoms. The molecule has 1 heterocycles. The maximum Gasteiger partial charge on any atom is 0.141 e. The Hall–Kier alpha value is -3.13. The molecular weight excluding hydrogens is 264 g/mol. The molecule has 0 fully saturated rings. The molecule has 1 aromatic heterocycles. The number of ether oxygens (including phenoxy) is 1. The monoisotopic (exact) mass is 276 g/mol. The first-order valence-corrected chi connectivity index (χ1v) is 6.36. The summed E-state index contributed by atoms with van der Waals surface area (Å²) < 4.78 is 5.19. The zero-order valence-corrected chi connectivity index (χ0v) is 11.4. The highest BCUT2D eigenvalue weighted by atomic mass is 16.5. The molecule has 0 aliphatic rings. The van der Waals surface area contributed by atoms with E-state index in [2.05, 4.69) is 21.4 Å². The third-order valence-corrected chi connectivity index (χ3v) is 3.12. The molecule has 0 aliphatic heterocycles. The number of hydrogen-bond donors (Lipinski definition) is 1. The Bertz CT molecular complexity index is 822. The van der Waals surface area contributed by atoms with Gasteiger partial charge in [-0.2, -0.15) is 5.26 Å². The van der Waals surface area contributed by atoms with Crippen molar-refractivity contribution in [2.45, 2.75) is 0 Å². The van der Waals surface area contributed by atoms with E-state index in [1.165, 1.54) is 6.33 Å². The standard InChI is InChI=1S/C16H12N4O/c1-21-13-6-7-14-15(8-13)18-10-19-16(14)20-12-4-2-11(9-17)3-5-12/h2-8,10H,1H3,(H,18,19,20). The highest BCUT2D eigenvalue weighted by Crippen LogP contribution is 2.26. The number of benzene rings is 2. The molecule has 0 amide bonds. The van der Waals surface area contributed by atoms with Gasteiger partial charge in [-0.3, -0.25) is 0 Å². The minimum Gasteiger partial charge on any atom is -0.497 e. The van der Waals surface area contributed by atoms with E-state index in [0.29, 0.717) is 11.4 Å². The number of methoxy groups -OCH3 is 1. The van der Waals surface area contributed by atoms with Crippen LogP contribution in [0.5, 0.6) is 5.75 Å². The molecule has 0 aliphatic carbocycles. The normalized spacial score (nSPS) is 10.1. The van der Waals surface area contributed by atoms with Gasteiger partial charge in [-0.25, -0.2) is 9.97 Å². The van der Waals surface area contributed by atoms with Crippen LogP contribution in [0.25, 0.3) is 10.9 Å². The average Bonchev–Trinajstić information content (AvgIpc) is 2.55. The van der Waals surface area contributed by atoms with E-state index in [4.69, 9.17) is 10.00 Å². The summed E-state index contributed by atoms with van der Waals surface area (Å²) in [6.07, 6.45) is 1.51. The van der Waals surface area contributed by atoms with Gasteiger partial charge in [0.15, 0.2) is 0 Å². The largest absolute Gasteiger partial charge is 0.497 e. The number of nitrogens with one attached hydrogen (secondary N) is 1. The van der Waals surface area contributed by atoms with Gasteiger partial charge in [0.2, 0.25) is 0 Å². The van der Waals surface area contributed by atoms with Gasteiger partial charge in [-0.15, -0.1) is 0 Å². The SMILES string of the molecule is COc1ccc2c(Nc3ccc(C#N)cc3)ncnc2c1. The summed E-state index contributed by atoms with van der Waals surface area (Å²) in [6.45, 7) is 0. The molecule has 5 heteroatoms. The highest BCUT2D eigenvalue weighted by Gasteiger charge is 2.05. The summed E-state index contributed by atoms with van der Waals surface area (Å²) in [5, 5.41) is 12.9. The smallest absolute Gasteiger partial charge is 0.141 e. The Kier molecular flexibility index (Phi) is 3.36. The Morgan fingerprint density at radius 1 is 1.10 bits per heavy atom. The number of nitrogens with zero attached hydrogens (tertiary/aromatic N) is 3. The van der Waals surface area contributed by atoms with Gasteiger partial charge >= 0.3 is 0 Å². The van der Waals surface area contributed by atoms with E-state index in [-0.39, 0.29) is 0 Å². The molecule has 3 rings (SSSR count). The number of nitriles is 1. The van der Waals surface area contributed by atoms with Crippen molar-refractivity contribution < 1.29 is 4.74 Å². The summed E-state index contributed by atoms with van der Waals surface area (Å²) >= 11 is 0. The van der Waals surface area contributed by atoms with Crippen molar-refractivity contribution >= 4 is 22.4 Å². The average molecular weight is 276 g/mol. The number of fused-ring (bicyclic) bond motifs is 1. The van der Waals surface area contributed by atoms with Gasteiger partial charge < -0.3 is 10.1 Å². The molecule has 0 unspecified atom stereocenters. The van der Waals surface area contributed by atoms with Crippen molar-refractivity contribution in [2.75, 3.05) is 12.4 Å². The maximum absolute atomic E-state index is 8.81. The predicted molar refractivity (Wildman–Crippen MR) is 80.5 cm³/mol. The van der Waals surface area contributed by atoms with Crippen LogP contribution >= 0.6 is 0 Å². The lowest BCUT2D eigenvalue weighted by atomic mass is 10.2. The number of aromatic nitrogens is 2. The van der Waals surface area contributed by atoms with Crippen molar-refractivity contribution in [3.05, 3.63) is 54.4 Å². The third-order valence-electron chi connectivity index (χ3n) is 3.12. The number of rotatable bonds is 3.